The minimum absolute atomic E-state index is 0. The van der Waals surface area contributed by atoms with Crippen LogP contribution in [0.3, 0.4) is 0 Å². The summed E-state index contributed by atoms with van der Waals surface area (Å²) in [5.74, 6) is 0.00398. The molecule has 4 N–H and O–H groups in total. The Bertz CT molecular complexity index is 2740. The van der Waals surface area contributed by atoms with Crippen LogP contribution in [0.15, 0.2) is 158 Å². The summed E-state index contributed by atoms with van der Waals surface area (Å²) in [5, 5.41) is 8.33. The molecule has 4 amide bonds. The first kappa shape index (κ1) is 70.2. The van der Waals surface area contributed by atoms with Crippen LogP contribution in [0.25, 0.3) is 0 Å². The lowest BCUT2D eigenvalue weighted by Gasteiger charge is -2.42. The molecule has 0 spiro atoms. The monoisotopic (exact) mass is 1250 g/mol. The molecule has 13 nitrogen and oxygen atoms in total. The van der Waals surface area contributed by atoms with Crippen molar-refractivity contribution in [3.8, 4) is 0 Å². The normalized spacial score (nSPS) is 15.2. The molecule has 2 atom stereocenters. The molecule has 2 fully saturated rings. The van der Waals surface area contributed by atoms with Crippen LogP contribution in [-0.4, -0.2) is 128 Å². The van der Waals surface area contributed by atoms with Gasteiger partial charge >= 0.3 is 0 Å². The summed E-state index contributed by atoms with van der Waals surface area (Å²) in [7, 11) is 3.60. The van der Waals surface area contributed by atoms with E-state index in [9.17, 15) is 19.2 Å². The highest BCUT2D eigenvalue weighted by Crippen LogP contribution is 2.35. The maximum Gasteiger partial charge on any atom is 0.226 e. The number of amides is 4. The fourth-order valence-electron chi connectivity index (χ4n) is 10.6. The van der Waals surface area contributed by atoms with E-state index in [-0.39, 0.29) is 77.2 Å². The van der Waals surface area contributed by atoms with Crippen molar-refractivity contribution in [1.82, 2.24) is 30.2 Å². The minimum Gasteiger partial charge on any atom is -0.412 e. The topological polar surface area (TPSA) is 155 Å². The van der Waals surface area contributed by atoms with Crippen LogP contribution >= 0.6 is 71.2 Å². The van der Waals surface area contributed by atoms with E-state index in [0.717, 1.165) is 98.3 Å². The van der Waals surface area contributed by atoms with Gasteiger partial charge in [-0.3, -0.25) is 19.2 Å². The highest BCUT2D eigenvalue weighted by atomic mass is 35.5. The number of ether oxygens (including phenoxy) is 2. The van der Waals surface area contributed by atoms with Gasteiger partial charge in [0, 0.05) is 67.2 Å². The van der Waals surface area contributed by atoms with E-state index in [1.54, 1.807) is 49.9 Å². The lowest BCUT2D eigenvalue weighted by atomic mass is 9.80. The first-order valence-electron chi connectivity index (χ1n) is 27.3. The van der Waals surface area contributed by atoms with E-state index >= 15 is 0 Å². The van der Waals surface area contributed by atoms with Crippen LogP contribution in [0.4, 0.5) is 0 Å². The van der Waals surface area contributed by atoms with Crippen LogP contribution < -0.4 is 10.6 Å². The molecule has 0 bridgehead atoms. The molecule has 19 heteroatoms. The van der Waals surface area contributed by atoms with Crippen LogP contribution in [-0.2, 0) is 52.6 Å². The lowest BCUT2D eigenvalue weighted by Crippen LogP contribution is -2.53. The van der Waals surface area contributed by atoms with Crippen molar-refractivity contribution < 1.29 is 34.1 Å². The van der Waals surface area contributed by atoms with E-state index in [4.69, 9.17) is 55.9 Å². The molecule has 6 aromatic carbocycles. The Balaban J connectivity index is 0.000000344. The molecule has 8 rings (SSSR count). The smallest absolute Gasteiger partial charge is 0.226 e. The van der Waals surface area contributed by atoms with Crippen LogP contribution in [0.5, 0.6) is 0 Å². The fraction of sp³-hybridized carbons (Fsp3) is 0.375. The molecular formula is C64H78Cl6N6O7. The number of nitrogens with one attached hydrogen (secondary N) is 2. The number of likely N-dealkylation sites (N-methyl/N-ethyl adjacent to an activating group) is 2. The van der Waals surface area contributed by atoms with E-state index < -0.39 is 0 Å². The zero-order valence-electron chi connectivity index (χ0n) is 47.5. The minimum atomic E-state index is -0.355. The summed E-state index contributed by atoms with van der Waals surface area (Å²) in [6.45, 7) is 9.76. The molecule has 0 saturated carbocycles. The number of nitrogens with zero attached hydrogens (tertiary/aromatic N) is 4. The van der Waals surface area contributed by atoms with Crippen molar-refractivity contribution in [2.24, 2.45) is 0 Å². The SMILES string of the molecule is CC(=O)NC1(c2ccccc2)CCN(CCOC(CN(C)C(=O)Cc2ccccc2)c2ccc(Cl)c(Cl)c2)CC1.CC(=O)NC1(c2ccccc2)CCN(CCOC(CN(C)C(=O)Cc2ccccc2)c2ccc(Cl)c(Cl)c2)CC1.Cl.Cl.O. The third-order valence-electron chi connectivity index (χ3n) is 15.1. The van der Waals surface area contributed by atoms with E-state index in [2.05, 4.69) is 44.7 Å². The van der Waals surface area contributed by atoms with Gasteiger partial charge in [0.05, 0.1) is 70.3 Å². The number of hydrogen-bond donors (Lipinski definition) is 2. The summed E-state index contributed by atoms with van der Waals surface area (Å²) in [4.78, 5) is 58.2. The van der Waals surface area contributed by atoms with Crippen LogP contribution in [0, 0.1) is 0 Å². The molecule has 2 aliphatic rings. The van der Waals surface area contributed by atoms with Gasteiger partial charge in [-0.2, -0.15) is 0 Å². The zero-order valence-corrected chi connectivity index (χ0v) is 52.2. The third-order valence-corrected chi connectivity index (χ3v) is 16.6. The number of hydrogen-bond acceptors (Lipinski definition) is 8. The van der Waals surface area contributed by atoms with Gasteiger partial charge in [0.2, 0.25) is 23.6 Å². The van der Waals surface area contributed by atoms with Crippen molar-refractivity contribution in [2.75, 3.05) is 79.7 Å². The average molecular weight is 1260 g/mol. The summed E-state index contributed by atoms with van der Waals surface area (Å²) >= 11 is 25.0. The predicted octanol–water partition coefficient (Wildman–Crippen LogP) is 11.8. The summed E-state index contributed by atoms with van der Waals surface area (Å²) < 4.78 is 12.8. The van der Waals surface area contributed by atoms with Crippen molar-refractivity contribution >= 4 is 94.8 Å². The number of benzene rings is 6. The Labute approximate surface area is 522 Å². The van der Waals surface area contributed by atoms with Gasteiger partial charge in [-0.1, -0.05) is 180 Å². The Hall–Kier alpha value is -5.26. The van der Waals surface area contributed by atoms with E-state index in [0.29, 0.717) is 59.2 Å². The zero-order chi connectivity index (χ0) is 57.1. The predicted molar refractivity (Wildman–Crippen MR) is 339 cm³/mol. The molecule has 0 radical (unpaired) electrons. The number of carbonyl (C=O) groups excluding carboxylic acids is 4. The van der Waals surface area contributed by atoms with Crippen molar-refractivity contribution in [1.29, 1.82) is 0 Å². The number of carbonyl (C=O) groups is 4. The third kappa shape index (κ3) is 21.0. The van der Waals surface area contributed by atoms with Gasteiger partial charge in [-0.05, 0) is 83.3 Å². The largest absolute Gasteiger partial charge is 0.412 e. The molecule has 2 heterocycles. The number of piperidine rings is 2. The van der Waals surface area contributed by atoms with Gasteiger partial charge in [0.25, 0.3) is 0 Å². The summed E-state index contributed by atoms with van der Waals surface area (Å²) in [6.07, 6.45) is 3.24. The second-order valence-corrected chi connectivity index (χ2v) is 22.5. The molecular weight excluding hydrogens is 1180 g/mol. The lowest BCUT2D eigenvalue weighted by molar-refractivity contribution is -0.132. The van der Waals surface area contributed by atoms with Gasteiger partial charge in [-0.15, -0.1) is 24.8 Å². The van der Waals surface area contributed by atoms with Gasteiger partial charge in [-0.25, -0.2) is 0 Å². The second-order valence-electron chi connectivity index (χ2n) is 20.9. The Morgan fingerprint density at radius 1 is 0.494 bits per heavy atom. The fourth-order valence-corrected chi connectivity index (χ4v) is 11.2. The van der Waals surface area contributed by atoms with E-state index in [1.807, 2.05) is 121 Å². The van der Waals surface area contributed by atoms with Gasteiger partial charge in [0.15, 0.2) is 0 Å². The van der Waals surface area contributed by atoms with Crippen molar-refractivity contribution in [2.45, 2.75) is 75.7 Å². The number of halogens is 6. The van der Waals surface area contributed by atoms with E-state index in [1.165, 1.54) is 0 Å². The van der Waals surface area contributed by atoms with Crippen LogP contribution in [0.1, 0.15) is 85.1 Å². The molecule has 83 heavy (non-hydrogen) atoms. The standard InChI is InChI=1S/2C32H37Cl2N3O3.2ClH.H2O/c2*1-24(38)35-32(27-11-7-4-8-12-27)15-17-37(18-16-32)19-20-40-30(26-13-14-28(33)29(34)22-26)23-36(2)31(39)21-25-9-5-3-6-10-25;;;/h2*3-14,22,30H,15-21,23H2,1-2H3,(H,35,38);2*1H;1H2. The Morgan fingerprint density at radius 3 is 1.11 bits per heavy atom. The average Bonchev–Trinajstić information content (AvgIpc) is 3.54. The highest BCUT2D eigenvalue weighted by Gasteiger charge is 2.38. The molecule has 448 valence electrons. The molecule has 2 unspecified atom stereocenters. The molecule has 2 aliphatic heterocycles. The van der Waals surface area contributed by atoms with Gasteiger partial charge < -0.3 is 45.2 Å². The molecule has 0 aliphatic carbocycles. The van der Waals surface area contributed by atoms with Crippen molar-refractivity contribution in [3.05, 3.63) is 211 Å². The molecule has 0 aromatic heterocycles. The molecule has 6 aromatic rings. The van der Waals surface area contributed by atoms with Crippen LogP contribution in [0.2, 0.25) is 20.1 Å². The Kier molecular flexibility index (Phi) is 29.3. The maximum atomic E-state index is 13.0. The Morgan fingerprint density at radius 2 is 0.807 bits per heavy atom. The first-order valence-corrected chi connectivity index (χ1v) is 28.8. The summed E-state index contributed by atoms with van der Waals surface area (Å²) in [6, 6.07) is 50.8. The second kappa shape index (κ2) is 34.6. The maximum absolute atomic E-state index is 13.0. The van der Waals surface area contributed by atoms with Gasteiger partial charge in [0.1, 0.15) is 12.2 Å². The molecule has 2 saturated heterocycles. The van der Waals surface area contributed by atoms with Crippen molar-refractivity contribution in [3.63, 3.8) is 0 Å². The highest BCUT2D eigenvalue weighted by molar-refractivity contribution is 6.42. The number of rotatable bonds is 22. The summed E-state index contributed by atoms with van der Waals surface area (Å²) in [5.41, 5.74) is 5.28. The quantitative estimate of drug-likeness (QED) is 0.0681. The number of likely N-dealkylation sites (tertiary alicyclic amines) is 2. The first-order chi connectivity index (χ1) is 38.5.